The van der Waals surface area contributed by atoms with Crippen molar-refractivity contribution in [2.75, 3.05) is 34.4 Å². The predicted octanol–water partition coefficient (Wildman–Crippen LogP) is 2.63. The zero-order valence-electron chi connectivity index (χ0n) is 14.3. The molecule has 0 bridgehead atoms. The van der Waals surface area contributed by atoms with E-state index in [0.29, 0.717) is 35.9 Å². The molecule has 0 saturated carbocycles. The number of benzene rings is 1. The highest BCUT2D eigenvalue weighted by Crippen LogP contribution is 2.38. The van der Waals surface area contributed by atoms with Crippen molar-refractivity contribution >= 4 is 12.0 Å². The number of carbonyl (C=O) groups excluding carboxylic acids is 1. The summed E-state index contributed by atoms with van der Waals surface area (Å²) in [6.45, 7) is 1.40. The van der Waals surface area contributed by atoms with Gasteiger partial charge in [0.15, 0.2) is 11.5 Å². The molecule has 128 valence electrons. The van der Waals surface area contributed by atoms with Crippen molar-refractivity contribution in [3.8, 4) is 23.3 Å². The summed E-state index contributed by atoms with van der Waals surface area (Å²) in [5.74, 6) is 1.19. The second-order valence-electron chi connectivity index (χ2n) is 5.48. The summed E-state index contributed by atoms with van der Waals surface area (Å²) >= 11 is 0. The van der Waals surface area contributed by atoms with E-state index in [2.05, 4.69) is 0 Å². The van der Waals surface area contributed by atoms with Gasteiger partial charge in [0.2, 0.25) is 5.75 Å². The summed E-state index contributed by atoms with van der Waals surface area (Å²) in [5, 5.41) is 9.39. The van der Waals surface area contributed by atoms with Crippen molar-refractivity contribution in [1.82, 2.24) is 4.90 Å². The minimum Gasteiger partial charge on any atom is -0.493 e. The Hall–Kier alpha value is -2.68. The van der Waals surface area contributed by atoms with E-state index in [1.807, 2.05) is 6.07 Å². The first kappa shape index (κ1) is 17.7. The molecule has 1 aliphatic rings. The molecule has 1 aromatic carbocycles. The number of nitrogens with zero attached hydrogens (tertiary/aromatic N) is 2. The lowest BCUT2D eigenvalue weighted by molar-refractivity contribution is -0.127. The van der Waals surface area contributed by atoms with Crippen LogP contribution in [0.3, 0.4) is 0 Å². The molecule has 1 heterocycles. The molecule has 0 aliphatic carbocycles. The Morgan fingerprint density at radius 1 is 1.08 bits per heavy atom. The summed E-state index contributed by atoms with van der Waals surface area (Å²) < 4.78 is 15.9. The number of carbonyl (C=O) groups is 1. The monoisotopic (exact) mass is 330 g/mol. The predicted molar refractivity (Wildman–Crippen MR) is 90.1 cm³/mol. The average molecular weight is 330 g/mol. The summed E-state index contributed by atoms with van der Waals surface area (Å²) in [7, 11) is 4.57. The summed E-state index contributed by atoms with van der Waals surface area (Å²) in [4.78, 5) is 14.2. The van der Waals surface area contributed by atoms with Gasteiger partial charge in [-0.2, -0.15) is 5.26 Å². The summed E-state index contributed by atoms with van der Waals surface area (Å²) in [6.07, 6.45) is 4.65. The van der Waals surface area contributed by atoms with Crippen LogP contribution in [0.5, 0.6) is 17.2 Å². The molecule has 6 heteroatoms. The fourth-order valence-corrected chi connectivity index (χ4v) is 2.76. The van der Waals surface area contributed by atoms with Gasteiger partial charge in [0.25, 0.3) is 5.91 Å². The van der Waals surface area contributed by atoms with Crippen LogP contribution in [-0.2, 0) is 4.79 Å². The highest BCUT2D eigenvalue weighted by Gasteiger charge is 2.21. The third-order valence-corrected chi connectivity index (χ3v) is 3.99. The first-order valence-corrected chi connectivity index (χ1v) is 7.85. The van der Waals surface area contributed by atoms with E-state index in [1.165, 1.54) is 21.3 Å². The van der Waals surface area contributed by atoms with E-state index in [1.54, 1.807) is 23.1 Å². The van der Waals surface area contributed by atoms with Gasteiger partial charge >= 0.3 is 0 Å². The largest absolute Gasteiger partial charge is 0.493 e. The van der Waals surface area contributed by atoms with Crippen LogP contribution in [0.2, 0.25) is 0 Å². The Morgan fingerprint density at radius 2 is 1.67 bits per heavy atom. The first-order chi connectivity index (χ1) is 11.6. The molecular formula is C18H22N2O4. The van der Waals surface area contributed by atoms with E-state index < -0.39 is 0 Å². The highest BCUT2D eigenvalue weighted by molar-refractivity contribution is 6.01. The third-order valence-electron chi connectivity index (χ3n) is 3.99. The Bertz CT molecular complexity index is 645. The van der Waals surface area contributed by atoms with Crippen LogP contribution in [0.25, 0.3) is 6.08 Å². The normalized spacial score (nSPS) is 14.8. The van der Waals surface area contributed by atoms with Gasteiger partial charge in [-0.1, -0.05) is 0 Å². The fourth-order valence-electron chi connectivity index (χ4n) is 2.76. The number of piperidine rings is 1. The van der Waals surface area contributed by atoms with E-state index >= 15 is 0 Å². The van der Waals surface area contributed by atoms with Crippen molar-refractivity contribution in [1.29, 1.82) is 5.26 Å². The van der Waals surface area contributed by atoms with Crippen LogP contribution in [0.15, 0.2) is 17.7 Å². The van der Waals surface area contributed by atoms with Gasteiger partial charge in [-0.25, -0.2) is 0 Å². The quantitative estimate of drug-likeness (QED) is 0.613. The van der Waals surface area contributed by atoms with Gasteiger partial charge in [0.05, 0.1) is 21.3 Å². The molecule has 1 fully saturated rings. The molecule has 1 aromatic rings. The smallest absolute Gasteiger partial charge is 0.264 e. The van der Waals surface area contributed by atoms with Gasteiger partial charge in [-0.3, -0.25) is 4.79 Å². The van der Waals surface area contributed by atoms with Crippen LogP contribution in [-0.4, -0.2) is 45.2 Å². The first-order valence-electron chi connectivity index (χ1n) is 7.85. The highest BCUT2D eigenvalue weighted by atomic mass is 16.5. The van der Waals surface area contributed by atoms with Crippen molar-refractivity contribution < 1.29 is 19.0 Å². The molecule has 2 rings (SSSR count). The van der Waals surface area contributed by atoms with Crippen LogP contribution < -0.4 is 14.2 Å². The zero-order valence-corrected chi connectivity index (χ0v) is 14.3. The van der Waals surface area contributed by atoms with Crippen molar-refractivity contribution in [3.63, 3.8) is 0 Å². The van der Waals surface area contributed by atoms with Crippen LogP contribution in [0, 0.1) is 11.3 Å². The molecule has 1 amide bonds. The minimum absolute atomic E-state index is 0.103. The number of rotatable bonds is 5. The SMILES string of the molecule is COc1cc(/C=C(/C#N)C(=O)N2CCCCC2)cc(OC)c1OC. The van der Waals surface area contributed by atoms with E-state index in [-0.39, 0.29) is 11.5 Å². The van der Waals surface area contributed by atoms with E-state index in [9.17, 15) is 10.1 Å². The molecule has 24 heavy (non-hydrogen) atoms. The Morgan fingerprint density at radius 3 is 2.12 bits per heavy atom. The molecular weight excluding hydrogens is 308 g/mol. The number of nitriles is 1. The number of hydrogen-bond donors (Lipinski definition) is 0. The maximum Gasteiger partial charge on any atom is 0.264 e. The number of likely N-dealkylation sites (tertiary alicyclic amines) is 1. The lowest BCUT2D eigenvalue weighted by Gasteiger charge is -2.26. The lowest BCUT2D eigenvalue weighted by atomic mass is 10.1. The van der Waals surface area contributed by atoms with Crippen LogP contribution >= 0.6 is 0 Å². The van der Waals surface area contributed by atoms with Crippen molar-refractivity contribution in [2.45, 2.75) is 19.3 Å². The van der Waals surface area contributed by atoms with Crippen molar-refractivity contribution in [3.05, 3.63) is 23.3 Å². The Kier molecular flexibility index (Phi) is 6.07. The van der Waals surface area contributed by atoms with Gasteiger partial charge in [0, 0.05) is 13.1 Å². The Labute approximate surface area is 142 Å². The average Bonchev–Trinajstić information content (AvgIpc) is 2.65. The molecule has 1 saturated heterocycles. The maximum absolute atomic E-state index is 12.5. The second kappa shape index (κ2) is 8.25. The van der Waals surface area contributed by atoms with E-state index in [0.717, 1.165) is 19.3 Å². The number of ether oxygens (including phenoxy) is 3. The molecule has 0 atom stereocenters. The van der Waals surface area contributed by atoms with Crippen LogP contribution in [0.4, 0.5) is 0 Å². The zero-order chi connectivity index (χ0) is 17.5. The standard InChI is InChI=1S/C18H22N2O4/c1-22-15-10-13(11-16(23-2)17(15)24-3)9-14(12-19)18(21)20-7-5-4-6-8-20/h9-11H,4-8H2,1-3H3/b14-9-. The van der Waals surface area contributed by atoms with Crippen molar-refractivity contribution in [2.24, 2.45) is 0 Å². The number of amides is 1. The van der Waals surface area contributed by atoms with Gasteiger partial charge < -0.3 is 19.1 Å². The molecule has 0 aromatic heterocycles. The van der Waals surface area contributed by atoms with E-state index in [4.69, 9.17) is 14.2 Å². The Balaban J connectivity index is 2.36. The van der Waals surface area contributed by atoms with Gasteiger partial charge in [-0.15, -0.1) is 0 Å². The van der Waals surface area contributed by atoms with Gasteiger partial charge in [-0.05, 0) is 43.0 Å². The second-order valence-corrected chi connectivity index (χ2v) is 5.48. The third kappa shape index (κ3) is 3.80. The molecule has 0 unspecified atom stereocenters. The minimum atomic E-state index is -0.231. The summed E-state index contributed by atoms with van der Waals surface area (Å²) in [5.41, 5.74) is 0.748. The number of methoxy groups -OCH3 is 3. The maximum atomic E-state index is 12.5. The lowest BCUT2D eigenvalue weighted by Crippen LogP contribution is -2.36. The molecule has 0 spiro atoms. The summed E-state index contributed by atoms with van der Waals surface area (Å²) in [6, 6.07) is 5.43. The molecule has 1 aliphatic heterocycles. The number of hydrogen-bond acceptors (Lipinski definition) is 5. The van der Waals surface area contributed by atoms with Gasteiger partial charge in [0.1, 0.15) is 11.6 Å². The topological polar surface area (TPSA) is 71.8 Å². The fraction of sp³-hybridized carbons (Fsp3) is 0.444. The molecule has 0 N–H and O–H groups in total. The molecule has 0 radical (unpaired) electrons. The molecule has 6 nitrogen and oxygen atoms in total. The van der Waals surface area contributed by atoms with Crippen LogP contribution in [0.1, 0.15) is 24.8 Å².